The van der Waals surface area contributed by atoms with Gasteiger partial charge in [-0.1, -0.05) is 19.9 Å². The minimum absolute atomic E-state index is 0.0775. The highest BCUT2D eigenvalue weighted by atomic mass is 19.1. The minimum atomic E-state index is -0.403. The summed E-state index contributed by atoms with van der Waals surface area (Å²) in [5.41, 5.74) is 1.49. The molecule has 1 unspecified atom stereocenters. The highest BCUT2D eigenvalue weighted by molar-refractivity contribution is 5.78. The smallest absolute Gasteiger partial charge is 0.313 e. The fraction of sp³-hybridized carbons (Fsp3) is 0.462. The van der Waals surface area contributed by atoms with E-state index in [-0.39, 0.29) is 17.7 Å². The normalized spacial score (nSPS) is 12.6. The number of aryl methyl sites for hydroxylation is 1. The molecule has 0 N–H and O–H groups in total. The van der Waals surface area contributed by atoms with Crippen LogP contribution in [0.25, 0.3) is 0 Å². The molecule has 0 radical (unpaired) electrons. The third-order valence-corrected chi connectivity index (χ3v) is 2.55. The summed E-state index contributed by atoms with van der Waals surface area (Å²) in [7, 11) is 1.35. The van der Waals surface area contributed by atoms with E-state index >= 15 is 0 Å². The predicted molar refractivity (Wildman–Crippen MR) is 60.7 cm³/mol. The maximum Gasteiger partial charge on any atom is 0.313 e. The molecule has 3 heteroatoms. The number of halogens is 1. The van der Waals surface area contributed by atoms with E-state index in [1.165, 1.54) is 19.2 Å². The Morgan fingerprint density at radius 2 is 1.94 bits per heavy atom. The van der Waals surface area contributed by atoms with Gasteiger partial charge in [-0.3, -0.25) is 4.79 Å². The van der Waals surface area contributed by atoms with Gasteiger partial charge in [0.15, 0.2) is 0 Å². The number of methoxy groups -OCH3 is 1. The Hall–Kier alpha value is -1.38. The molecule has 0 aliphatic heterocycles. The summed E-state index contributed by atoms with van der Waals surface area (Å²) >= 11 is 0. The van der Waals surface area contributed by atoms with Crippen molar-refractivity contribution in [1.82, 2.24) is 0 Å². The largest absolute Gasteiger partial charge is 0.469 e. The maximum atomic E-state index is 13.3. The van der Waals surface area contributed by atoms with Crippen molar-refractivity contribution in [1.29, 1.82) is 0 Å². The monoisotopic (exact) mass is 224 g/mol. The molecular formula is C13H17FO2. The molecule has 0 heterocycles. The first-order valence-electron chi connectivity index (χ1n) is 5.30. The van der Waals surface area contributed by atoms with Gasteiger partial charge in [0.1, 0.15) is 5.82 Å². The van der Waals surface area contributed by atoms with Gasteiger partial charge in [-0.15, -0.1) is 0 Å². The summed E-state index contributed by atoms with van der Waals surface area (Å²) < 4.78 is 18.0. The third kappa shape index (κ3) is 2.81. The molecule has 2 nitrogen and oxygen atoms in total. The van der Waals surface area contributed by atoms with E-state index in [4.69, 9.17) is 4.74 Å². The number of hydrogen-bond acceptors (Lipinski definition) is 2. The molecule has 1 rings (SSSR count). The molecule has 1 atom stereocenters. The van der Waals surface area contributed by atoms with Gasteiger partial charge < -0.3 is 4.74 Å². The van der Waals surface area contributed by atoms with Crippen LogP contribution in [-0.2, 0) is 9.53 Å². The SMILES string of the molecule is COC(=O)C(c1cc(C)cc(F)c1)C(C)C. The highest BCUT2D eigenvalue weighted by Gasteiger charge is 2.25. The van der Waals surface area contributed by atoms with Gasteiger partial charge in [-0.05, 0) is 36.1 Å². The van der Waals surface area contributed by atoms with Gasteiger partial charge in [-0.25, -0.2) is 4.39 Å². The van der Waals surface area contributed by atoms with Crippen LogP contribution in [0.5, 0.6) is 0 Å². The Kier molecular flexibility index (Phi) is 4.05. The summed E-state index contributed by atoms with van der Waals surface area (Å²) in [5, 5.41) is 0. The zero-order valence-corrected chi connectivity index (χ0v) is 10.1. The lowest BCUT2D eigenvalue weighted by molar-refractivity contribution is -0.143. The van der Waals surface area contributed by atoms with Crippen LogP contribution >= 0.6 is 0 Å². The number of carbonyl (C=O) groups is 1. The molecule has 0 aromatic heterocycles. The molecule has 0 saturated heterocycles. The Morgan fingerprint density at radius 3 is 2.38 bits per heavy atom. The van der Waals surface area contributed by atoms with Gasteiger partial charge in [0.25, 0.3) is 0 Å². The number of benzene rings is 1. The number of carbonyl (C=O) groups excluding carboxylic acids is 1. The first-order chi connectivity index (χ1) is 7.45. The molecular weight excluding hydrogens is 207 g/mol. The Balaban J connectivity index is 3.15. The highest BCUT2D eigenvalue weighted by Crippen LogP contribution is 2.27. The summed E-state index contributed by atoms with van der Waals surface area (Å²) in [6.07, 6.45) is 0. The van der Waals surface area contributed by atoms with Crippen molar-refractivity contribution < 1.29 is 13.9 Å². The van der Waals surface area contributed by atoms with Crippen LogP contribution in [-0.4, -0.2) is 13.1 Å². The van der Waals surface area contributed by atoms with Crippen LogP contribution in [0.3, 0.4) is 0 Å². The van der Waals surface area contributed by atoms with E-state index < -0.39 is 5.92 Å². The number of esters is 1. The van der Waals surface area contributed by atoms with Crippen LogP contribution < -0.4 is 0 Å². The van der Waals surface area contributed by atoms with Gasteiger partial charge in [0, 0.05) is 0 Å². The lowest BCUT2D eigenvalue weighted by Gasteiger charge is -2.19. The second kappa shape index (κ2) is 5.10. The van der Waals surface area contributed by atoms with E-state index in [2.05, 4.69) is 0 Å². The topological polar surface area (TPSA) is 26.3 Å². The number of hydrogen-bond donors (Lipinski definition) is 0. The fourth-order valence-corrected chi connectivity index (χ4v) is 1.86. The average molecular weight is 224 g/mol. The van der Waals surface area contributed by atoms with Gasteiger partial charge in [0.05, 0.1) is 13.0 Å². The predicted octanol–water partition coefficient (Wildman–Crippen LogP) is 3.05. The standard InChI is InChI=1S/C13H17FO2/c1-8(2)12(13(15)16-4)10-5-9(3)6-11(14)7-10/h5-8,12H,1-4H3. The Bertz CT molecular complexity index is 365. The molecule has 1 aromatic rings. The molecule has 0 fully saturated rings. The average Bonchev–Trinajstić information content (AvgIpc) is 2.15. The maximum absolute atomic E-state index is 13.3. The molecule has 16 heavy (non-hydrogen) atoms. The Labute approximate surface area is 95.4 Å². The molecule has 0 amide bonds. The molecule has 0 saturated carbocycles. The number of rotatable bonds is 3. The van der Waals surface area contributed by atoms with E-state index in [0.29, 0.717) is 5.56 Å². The van der Waals surface area contributed by atoms with Gasteiger partial charge in [-0.2, -0.15) is 0 Å². The van der Waals surface area contributed by atoms with Crippen LogP contribution in [0.15, 0.2) is 18.2 Å². The fourth-order valence-electron chi connectivity index (χ4n) is 1.86. The van der Waals surface area contributed by atoms with Crippen LogP contribution in [0.1, 0.15) is 30.9 Å². The lowest BCUT2D eigenvalue weighted by Crippen LogP contribution is -2.19. The Morgan fingerprint density at radius 1 is 1.31 bits per heavy atom. The van der Waals surface area contributed by atoms with Crippen LogP contribution in [0.2, 0.25) is 0 Å². The van der Waals surface area contributed by atoms with Crippen molar-refractivity contribution in [3.8, 4) is 0 Å². The molecule has 1 aromatic carbocycles. The summed E-state index contributed by atoms with van der Waals surface area (Å²) in [6, 6.07) is 4.66. The van der Waals surface area contributed by atoms with Crippen LogP contribution in [0, 0.1) is 18.7 Å². The van der Waals surface area contributed by atoms with Gasteiger partial charge in [0.2, 0.25) is 0 Å². The van der Waals surface area contributed by atoms with Crippen molar-refractivity contribution in [3.63, 3.8) is 0 Å². The summed E-state index contributed by atoms with van der Waals surface area (Å²) in [6.45, 7) is 5.64. The minimum Gasteiger partial charge on any atom is -0.469 e. The molecule has 0 spiro atoms. The van der Waals surface area contributed by atoms with Crippen molar-refractivity contribution >= 4 is 5.97 Å². The molecule has 88 valence electrons. The molecule has 0 bridgehead atoms. The van der Waals surface area contributed by atoms with E-state index in [0.717, 1.165) is 5.56 Å². The summed E-state index contributed by atoms with van der Waals surface area (Å²) in [5.74, 6) is -0.961. The van der Waals surface area contributed by atoms with Crippen molar-refractivity contribution in [2.75, 3.05) is 7.11 Å². The first-order valence-corrected chi connectivity index (χ1v) is 5.30. The second-order valence-electron chi connectivity index (χ2n) is 4.31. The quantitative estimate of drug-likeness (QED) is 0.738. The van der Waals surface area contributed by atoms with Gasteiger partial charge >= 0.3 is 5.97 Å². The zero-order valence-electron chi connectivity index (χ0n) is 10.1. The lowest BCUT2D eigenvalue weighted by atomic mass is 9.88. The third-order valence-electron chi connectivity index (χ3n) is 2.55. The number of ether oxygens (including phenoxy) is 1. The molecule has 0 aliphatic carbocycles. The zero-order chi connectivity index (χ0) is 12.3. The summed E-state index contributed by atoms with van der Waals surface area (Å²) in [4.78, 5) is 11.6. The van der Waals surface area contributed by atoms with E-state index in [9.17, 15) is 9.18 Å². The first kappa shape index (κ1) is 12.7. The molecule has 0 aliphatic rings. The van der Waals surface area contributed by atoms with Crippen molar-refractivity contribution in [2.45, 2.75) is 26.7 Å². The second-order valence-corrected chi connectivity index (χ2v) is 4.31. The van der Waals surface area contributed by atoms with Crippen LogP contribution in [0.4, 0.5) is 4.39 Å². The van der Waals surface area contributed by atoms with Crippen molar-refractivity contribution in [2.24, 2.45) is 5.92 Å². The van der Waals surface area contributed by atoms with E-state index in [1.807, 2.05) is 19.9 Å². The van der Waals surface area contributed by atoms with Crippen molar-refractivity contribution in [3.05, 3.63) is 35.1 Å². The van der Waals surface area contributed by atoms with E-state index in [1.54, 1.807) is 6.92 Å².